The average Bonchev–Trinajstić information content (AvgIpc) is 2.50. The quantitative estimate of drug-likeness (QED) is 0.864. The number of aryl methyl sites for hydroxylation is 2. The lowest BCUT2D eigenvalue weighted by Gasteiger charge is -2.38. The third-order valence-electron chi connectivity index (χ3n) is 4.80. The molecule has 0 amide bonds. The molecular formula is C19H23N. The maximum atomic E-state index is 3.65. The molecule has 1 aliphatic rings. The van der Waals surface area contributed by atoms with Crippen LogP contribution >= 0.6 is 0 Å². The van der Waals surface area contributed by atoms with Crippen molar-refractivity contribution in [3.63, 3.8) is 0 Å². The summed E-state index contributed by atoms with van der Waals surface area (Å²) in [4.78, 5) is 0. The third-order valence-corrected chi connectivity index (χ3v) is 4.80. The van der Waals surface area contributed by atoms with Crippen molar-refractivity contribution in [1.82, 2.24) is 5.32 Å². The van der Waals surface area contributed by atoms with Gasteiger partial charge in [0, 0.05) is 0 Å². The summed E-state index contributed by atoms with van der Waals surface area (Å²) in [5.41, 5.74) is 5.86. The van der Waals surface area contributed by atoms with E-state index >= 15 is 0 Å². The summed E-state index contributed by atoms with van der Waals surface area (Å²) in [7, 11) is 2.10. The van der Waals surface area contributed by atoms with Crippen molar-refractivity contribution in [2.45, 2.75) is 38.1 Å². The molecule has 0 fully saturated rings. The minimum Gasteiger partial charge on any atom is -0.307 e. The summed E-state index contributed by atoms with van der Waals surface area (Å²) >= 11 is 0. The second-order valence-corrected chi connectivity index (χ2v) is 5.68. The summed E-state index contributed by atoms with van der Waals surface area (Å²) in [6.45, 7) is 2.28. The first-order chi connectivity index (χ1) is 9.81. The Balaban J connectivity index is 2.29. The van der Waals surface area contributed by atoms with Gasteiger partial charge in [-0.2, -0.15) is 0 Å². The zero-order valence-electron chi connectivity index (χ0n) is 12.4. The highest BCUT2D eigenvalue weighted by Crippen LogP contribution is 2.38. The Kier molecular flexibility index (Phi) is 3.62. The largest absolute Gasteiger partial charge is 0.307 e. The van der Waals surface area contributed by atoms with Crippen LogP contribution < -0.4 is 5.32 Å². The van der Waals surface area contributed by atoms with Crippen LogP contribution in [0.2, 0.25) is 0 Å². The van der Waals surface area contributed by atoms with Gasteiger partial charge >= 0.3 is 0 Å². The zero-order chi connectivity index (χ0) is 14.0. The number of hydrogen-bond acceptors (Lipinski definition) is 1. The Hall–Kier alpha value is -1.60. The van der Waals surface area contributed by atoms with Crippen LogP contribution in [0, 0.1) is 0 Å². The van der Waals surface area contributed by atoms with E-state index in [9.17, 15) is 0 Å². The Morgan fingerprint density at radius 1 is 0.900 bits per heavy atom. The van der Waals surface area contributed by atoms with Crippen molar-refractivity contribution in [2.75, 3.05) is 7.05 Å². The molecule has 0 heterocycles. The first-order valence-corrected chi connectivity index (χ1v) is 7.67. The highest BCUT2D eigenvalue weighted by atomic mass is 14.9. The number of nitrogens with one attached hydrogen (secondary N) is 1. The Labute approximate surface area is 122 Å². The van der Waals surface area contributed by atoms with Crippen LogP contribution in [-0.4, -0.2) is 7.05 Å². The first kappa shape index (κ1) is 13.4. The van der Waals surface area contributed by atoms with Crippen molar-refractivity contribution in [3.05, 3.63) is 70.8 Å². The Morgan fingerprint density at radius 3 is 1.85 bits per heavy atom. The van der Waals surface area contributed by atoms with Gasteiger partial charge in [0.25, 0.3) is 0 Å². The van der Waals surface area contributed by atoms with E-state index in [0.29, 0.717) is 0 Å². The number of fused-ring (bicyclic) bond motifs is 2. The van der Waals surface area contributed by atoms with Gasteiger partial charge in [0.2, 0.25) is 0 Å². The summed E-state index contributed by atoms with van der Waals surface area (Å²) in [5.74, 6) is 0. The van der Waals surface area contributed by atoms with Gasteiger partial charge < -0.3 is 5.32 Å². The highest BCUT2D eigenvalue weighted by Gasteiger charge is 2.34. The summed E-state index contributed by atoms with van der Waals surface area (Å²) in [6, 6.07) is 17.9. The fraction of sp³-hybridized carbons (Fsp3) is 0.368. The lowest BCUT2D eigenvalue weighted by molar-refractivity contribution is 0.411. The van der Waals surface area contributed by atoms with Crippen molar-refractivity contribution in [2.24, 2.45) is 0 Å². The standard InChI is InChI=1S/C19H23N/c1-3-19(20-2)17-13-6-4-9-15(17)11-8-12-16-10-5-7-14-18(16)19/h4-7,9-10,13-14,20H,3,8,11-12H2,1-2H3. The number of hydrogen-bond donors (Lipinski definition) is 1. The van der Waals surface area contributed by atoms with Gasteiger partial charge in [0.1, 0.15) is 0 Å². The van der Waals surface area contributed by atoms with Crippen LogP contribution in [0.15, 0.2) is 48.5 Å². The van der Waals surface area contributed by atoms with E-state index in [0.717, 1.165) is 6.42 Å². The zero-order valence-corrected chi connectivity index (χ0v) is 12.4. The van der Waals surface area contributed by atoms with Gasteiger partial charge in [-0.1, -0.05) is 55.5 Å². The van der Waals surface area contributed by atoms with Crippen molar-refractivity contribution in [1.29, 1.82) is 0 Å². The monoisotopic (exact) mass is 265 g/mol. The van der Waals surface area contributed by atoms with E-state index in [1.807, 2.05) is 0 Å². The van der Waals surface area contributed by atoms with E-state index in [2.05, 4.69) is 67.8 Å². The molecule has 2 aromatic rings. The minimum atomic E-state index is -0.0480. The minimum absolute atomic E-state index is 0.0480. The predicted molar refractivity (Wildman–Crippen MR) is 85.0 cm³/mol. The second kappa shape index (κ2) is 5.41. The maximum Gasteiger partial charge on any atom is 0.0690 e. The smallest absolute Gasteiger partial charge is 0.0690 e. The van der Waals surface area contributed by atoms with Crippen LogP contribution in [0.3, 0.4) is 0 Å². The van der Waals surface area contributed by atoms with Crippen molar-refractivity contribution in [3.8, 4) is 0 Å². The first-order valence-electron chi connectivity index (χ1n) is 7.67. The molecule has 0 aliphatic heterocycles. The van der Waals surface area contributed by atoms with Gasteiger partial charge in [-0.25, -0.2) is 0 Å². The second-order valence-electron chi connectivity index (χ2n) is 5.68. The van der Waals surface area contributed by atoms with E-state index in [4.69, 9.17) is 0 Å². The summed E-state index contributed by atoms with van der Waals surface area (Å²) < 4.78 is 0. The van der Waals surface area contributed by atoms with Gasteiger partial charge in [-0.05, 0) is 55.0 Å². The molecule has 2 aromatic carbocycles. The van der Waals surface area contributed by atoms with Crippen LogP contribution in [0.25, 0.3) is 0 Å². The average molecular weight is 265 g/mol. The van der Waals surface area contributed by atoms with Crippen LogP contribution in [-0.2, 0) is 18.4 Å². The molecule has 1 nitrogen and oxygen atoms in total. The summed E-state index contributed by atoms with van der Waals surface area (Å²) in [5, 5.41) is 3.65. The lowest BCUT2D eigenvalue weighted by atomic mass is 9.73. The SMILES string of the molecule is CCC1(NC)c2ccccc2CCCc2ccccc21. The van der Waals surface area contributed by atoms with E-state index in [-0.39, 0.29) is 5.54 Å². The molecule has 0 saturated carbocycles. The van der Waals surface area contributed by atoms with Crippen molar-refractivity contribution < 1.29 is 0 Å². The molecule has 1 N–H and O–H groups in total. The molecule has 0 atom stereocenters. The molecule has 0 spiro atoms. The molecule has 20 heavy (non-hydrogen) atoms. The molecule has 1 heteroatoms. The molecule has 0 aromatic heterocycles. The van der Waals surface area contributed by atoms with Crippen LogP contribution in [0.5, 0.6) is 0 Å². The lowest BCUT2D eigenvalue weighted by Crippen LogP contribution is -2.42. The molecule has 0 bridgehead atoms. The van der Waals surface area contributed by atoms with Crippen LogP contribution in [0.4, 0.5) is 0 Å². The Morgan fingerprint density at radius 2 is 1.40 bits per heavy atom. The normalized spacial score (nSPS) is 16.7. The fourth-order valence-corrected chi connectivity index (χ4v) is 3.75. The molecule has 0 unspecified atom stereocenters. The fourth-order valence-electron chi connectivity index (χ4n) is 3.75. The Bertz CT molecular complexity index is 547. The molecule has 0 saturated heterocycles. The van der Waals surface area contributed by atoms with Crippen molar-refractivity contribution >= 4 is 0 Å². The topological polar surface area (TPSA) is 12.0 Å². The van der Waals surface area contributed by atoms with Gasteiger partial charge in [0.15, 0.2) is 0 Å². The molecule has 104 valence electrons. The predicted octanol–water partition coefficient (Wildman–Crippen LogP) is 4.05. The maximum absolute atomic E-state index is 3.65. The van der Waals surface area contributed by atoms with E-state index < -0.39 is 0 Å². The highest BCUT2D eigenvalue weighted by molar-refractivity contribution is 5.47. The molecule has 0 radical (unpaired) electrons. The van der Waals surface area contributed by atoms with Gasteiger partial charge in [0.05, 0.1) is 5.54 Å². The van der Waals surface area contributed by atoms with Gasteiger partial charge in [-0.15, -0.1) is 0 Å². The summed E-state index contributed by atoms with van der Waals surface area (Å²) in [6.07, 6.45) is 4.65. The third kappa shape index (κ3) is 1.97. The molecular weight excluding hydrogens is 242 g/mol. The number of benzene rings is 2. The van der Waals surface area contributed by atoms with Gasteiger partial charge in [-0.3, -0.25) is 0 Å². The van der Waals surface area contributed by atoms with E-state index in [1.54, 1.807) is 0 Å². The van der Waals surface area contributed by atoms with Crippen LogP contribution in [0.1, 0.15) is 42.0 Å². The molecule has 3 rings (SSSR count). The van der Waals surface area contributed by atoms with E-state index in [1.165, 1.54) is 41.5 Å². The molecule has 1 aliphatic carbocycles. The number of rotatable bonds is 2.